The Kier molecular flexibility index (Phi) is 3.25. The molecule has 0 saturated carbocycles. The SMILES string of the molecule is CC1CN(c2ccc(C=O)cc2)C(C)CO1. The number of anilines is 1. The van der Waals surface area contributed by atoms with E-state index in [1.54, 1.807) is 0 Å². The zero-order valence-corrected chi connectivity index (χ0v) is 9.72. The van der Waals surface area contributed by atoms with Crippen LogP contribution in [-0.4, -0.2) is 31.6 Å². The zero-order chi connectivity index (χ0) is 11.5. The van der Waals surface area contributed by atoms with Gasteiger partial charge in [-0.2, -0.15) is 0 Å². The van der Waals surface area contributed by atoms with Crippen LogP contribution in [0.5, 0.6) is 0 Å². The summed E-state index contributed by atoms with van der Waals surface area (Å²) in [6.07, 6.45) is 1.14. The minimum absolute atomic E-state index is 0.266. The Morgan fingerprint density at radius 2 is 2.00 bits per heavy atom. The predicted molar refractivity (Wildman–Crippen MR) is 64.1 cm³/mol. The molecule has 1 aliphatic heterocycles. The summed E-state index contributed by atoms with van der Waals surface area (Å²) in [7, 11) is 0. The molecule has 0 aromatic heterocycles. The van der Waals surface area contributed by atoms with Gasteiger partial charge in [-0.15, -0.1) is 0 Å². The van der Waals surface area contributed by atoms with Crippen molar-refractivity contribution in [2.75, 3.05) is 18.1 Å². The number of rotatable bonds is 2. The molecule has 1 heterocycles. The summed E-state index contributed by atoms with van der Waals surface area (Å²) in [5, 5.41) is 0. The number of ether oxygens (including phenoxy) is 1. The molecule has 1 aromatic carbocycles. The molecular weight excluding hydrogens is 202 g/mol. The second-order valence-corrected chi connectivity index (χ2v) is 4.35. The number of hydrogen-bond donors (Lipinski definition) is 0. The van der Waals surface area contributed by atoms with Crippen LogP contribution in [0, 0.1) is 0 Å². The Morgan fingerprint density at radius 1 is 1.31 bits per heavy atom. The van der Waals surface area contributed by atoms with Crippen molar-refractivity contribution >= 4 is 12.0 Å². The second-order valence-electron chi connectivity index (χ2n) is 4.35. The summed E-state index contributed by atoms with van der Waals surface area (Å²) in [4.78, 5) is 12.9. The average Bonchev–Trinajstić information content (AvgIpc) is 2.32. The van der Waals surface area contributed by atoms with Gasteiger partial charge in [-0.3, -0.25) is 4.79 Å². The fraction of sp³-hybridized carbons (Fsp3) is 0.462. The first-order valence-corrected chi connectivity index (χ1v) is 5.64. The summed E-state index contributed by atoms with van der Waals surface area (Å²) in [6.45, 7) is 5.90. The van der Waals surface area contributed by atoms with E-state index in [2.05, 4.69) is 18.7 Å². The molecule has 3 heteroatoms. The van der Waals surface area contributed by atoms with E-state index in [4.69, 9.17) is 4.74 Å². The third kappa shape index (κ3) is 2.25. The molecule has 3 nitrogen and oxygen atoms in total. The van der Waals surface area contributed by atoms with Gasteiger partial charge in [0.05, 0.1) is 12.7 Å². The summed E-state index contributed by atoms with van der Waals surface area (Å²) >= 11 is 0. The summed E-state index contributed by atoms with van der Waals surface area (Å²) < 4.78 is 5.59. The van der Waals surface area contributed by atoms with E-state index in [0.717, 1.165) is 30.7 Å². The molecule has 2 atom stereocenters. The van der Waals surface area contributed by atoms with Gasteiger partial charge in [0.15, 0.2) is 0 Å². The van der Waals surface area contributed by atoms with Crippen LogP contribution in [0.15, 0.2) is 24.3 Å². The van der Waals surface area contributed by atoms with E-state index in [9.17, 15) is 4.79 Å². The number of aldehydes is 1. The maximum atomic E-state index is 10.6. The lowest BCUT2D eigenvalue weighted by Gasteiger charge is -2.38. The van der Waals surface area contributed by atoms with Gasteiger partial charge in [0.25, 0.3) is 0 Å². The molecule has 16 heavy (non-hydrogen) atoms. The lowest BCUT2D eigenvalue weighted by molar-refractivity contribution is 0.0344. The predicted octanol–water partition coefficient (Wildman–Crippen LogP) is 2.11. The van der Waals surface area contributed by atoms with Gasteiger partial charge in [-0.05, 0) is 38.1 Å². The van der Waals surface area contributed by atoms with Crippen molar-refractivity contribution < 1.29 is 9.53 Å². The van der Waals surface area contributed by atoms with Crippen molar-refractivity contribution in [2.24, 2.45) is 0 Å². The van der Waals surface area contributed by atoms with E-state index in [-0.39, 0.29) is 6.10 Å². The molecule has 86 valence electrons. The molecular formula is C13H17NO2. The average molecular weight is 219 g/mol. The van der Waals surface area contributed by atoms with Crippen LogP contribution in [-0.2, 0) is 4.74 Å². The Bertz CT molecular complexity index is 361. The lowest BCUT2D eigenvalue weighted by atomic mass is 10.1. The first-order chi connectivity index (χ1) is 7.70. The van der Waals surface area contributed by atoms with Crippen molar-refractivity contribution in [3.05, 3.63) is 29.8 Å². The first kappa shape index (κ1) is 11.1. The van der Waals surface area contributed by atoms with Gasteiger partial charge in [-0.1, -0.05) is 0 Å². The summed E-state index contributed by atoms with van der Waals surface area (Å²) in [5.74, 6) is 0. The molecule has 2 rings (SSSR count). The smallest absolute Gasteiger partial charge is 0.150 e. The van der Waals surface area contributed by atoms with Crippen LogP contribution < -0.4 is 4.90 Å². The first-order valence-electron chi connectivity index (χ1n) is 5.64. The van der Waals surface area contributed by atoms with Crippen LogP contribution in [0.3, 0.4) is 0 Å². The number of benzene rings is 1. The highest BCUT2D eigenvalue weighted by Crippen LogP contribution is 2.21. The Balaban J connectivity index is 2.17. The molecule has 2 unspecified atom stereocenters. The molecule has 1 aromatic rings. The van der Waals surface area contributed by atoms with Crippen molar-refractivity contribution in [3.8, 4) is 0 Å². The van der Waals surface area contributed by atoms with Gasteiger partial charge in [0.1, 0.15) is 6.29 Å². The molecule has 1 fully saturated rings. The minimum Gasteiger partial charge on any atom is -0.375 e. The Labute approximate surface area is 96.0 Å². The maximum Gasteiger partial charge on any atom is 0.150 e. The van der Waals surface area contributed by atoms with Crippen LogP contribution in [0.25, 0.3) is 0 Å². The standard InChI is InChI=1S/C13H17NO2/c1-10-9-16-11(2)7-14(10)13-5-3-12(8-15)4-6-13/h3-6,8,10-11H,7,9H2,1-2H3. The summed E-state index contributed by atoms with van der Waals surface area (Å²) in [6, 6.07) is 8.10. The zero-order valence-electron chi connectivity index (χ0n) is 9.72. The molecule has 0 radical (unpaired) electrons. The van der Waals surface area contributed by atoms with Crippen molar-refractivity contribution in [1.82, 2.24) is 0 Å². The molecule has 1 saturated heterocycles. The van der Waals surface area contributed by atoms with Gasteiger partial charge in [-0.25, -0.2) is 0 Å². The molecule has 0 N–H and O–H groups in total. The largest absolute Gasteiger partial charge is 0.375 e. The number of carbonyl (C=O) groups is 1. The number of nitrogens with zero attached hydrogens (tertiary/aromatic N) is 1. The maximum absolute atomic E-state index is 10.6. The third-order valence-corrected chi connectivity index (χ3v) is 2.97. The van der Waals surface area contributed by atoms with Gasteiger partial charge >= 0.3 is 0 Å². The highest BCUT2D eigenvalue weighted by Gasteiger charge is 2.23. The van der Waals surface area contributed by atoms with Crippen molar-refractivity contribution in [2.45, 2.75) is 26.0 Å². The van der Waals surface area contributed by atoms with Gasteiger partial charge < -0.3 is 9.64 Å². The Hall–Kier alpha value is -1.35. The van der Waals surface area contributed by atoms with E-state index in [0.29, 0.717) is 6.04 Å². The topological polar surface area (TPSA) is 29.5 Å². The van der Waals surface area contributed by atoms with E-state index in [1.807, 2.05) is 24.3 Å². The summed E-state index contributed by atoms with van der Waals surface area (Å²) in [5.41, 5.74) is 1.88. The number of carbonyl (C=O) groups excluding carboxylic acids is 1. The van der Waals surface area contributed by atoms with Crippen LogP contribution in [0.2, 0.25) is 0 Å². The van der Waals surface area contributed by atoms with Crippen molar-refractivity contribution in [3.63, 3.8) is 0 Å². The fourth-order valence-corrected chi connectivity index (χ4v) is 2.01. The van der Waals surface area contributed by atoms with Crippen molar-refractivity contribution in [1.29, 1.82) is 0 Å². The van der Waals surface area contributed by atoms with Crippen LogP contribution >= 0.6 is 0 Å². The van der Waals surface area contributed by atoms with E-state index < -0.39 is 0 Å². The molecule has 0 aliphatic carbocycles. The van der Waals surface area contributed by atoms with Crippen LogP contribution in [0.4, 0.5) is 5.69 Å². The quantitative estimate of drug-likeness (QED) is 0.713. The Morgan fingerprint density at radius 3 is 2.62 bits per heavy atom. The molecule has 0 bridgehead atoms. The van der Waals surface area contributed by atoms with Gasteiger partial charge in [0, 0.05) is 23.8 Å². The van der Waals surface area contributed by atoms with E-state index in [1.165, 1.54) is 0 Å². The van der Waals surface area contributed by atoms with E-state index >= 15 is 0 Å². The lowest BCUT2D eigenvalue weighted by Crippen LogP contribution is -2.47. The minimum atomic E-state index is 0.266. The van der Waals surface area contributed by atoms with Gasteiger partial charge in [0.2, 0.25) is 0 Å². The normalized spacial score (nSPS) is 25.5. The number of hydrogen-bond acceptors (Lipinski definition) is 3. The molecule has 0 spiro atoms. The molecule has 1 aliphatic rings. The number of morpholine rings is 1. The highest BCUT2D eigenvalue weighted by atomic mass is 16.5. The molecule has 0 amide bonds. The highest BCUT2D eigenvalue weighted by molar-refractivity contribution is 5.75. The monoisotopic (exact) mass is 219 g/mol. The second kappa shape index (κ2) is 4.66. The third-order valence-electron chi connectivity index (χ3n) is 2.97. The van der Waals surface area contributed by atoms with Crippen LogP contribution in [0.1, 0.15) is 24.2 Å². The fourth-order valence-electron chi connectivity index (χ4n) is 2.01.